The van der Waals surface area contributed by atoms with E-state index in [0.29, 0.717) is 12.2 Å². The molecule has 18 heavy (non-hydrogen) atoms. The van der Waals surface area contributed by atoms with E-state index in [1.165, 1.54) is 5.56 Å². The van der Waals surface area contributed by atoms with E-state index in [2.05, 4.69) is 9.88 Å². The number of hydrogen-bond donors (Lipinski definition) is 2. The molecule has 0 saturated heterocycles. The molecule has 1 aromatic heterocycles. The van der Waals surface area contributed by atoms with Gasteiger partial charge in [-0.25, -0.2) is 0 Å². The van der Waals surface area contributed by atoms with Crippen LogP contribution in [0.1, 0.15) is 11.1 Å². The van der Waals surface area contributed by atoms with E-state index in [1.54, 1.807) is 30.6 Å². The summed E-state index contributed by atoms with van der Waals surface area (Å²) in [5.41, 5.74) is 8.41. The van der Waals surface area contributed by atoms with E-state index >= 15 is 0 Å². The van der Waals surface area contributed by atoms with Crippen molar-refractivity contribution in [2.24, 2.45) is 0 Å². The van der Waals surface area contributed by atoms with Crippen LogP contribution in [0, 0.1) is 0 Å². The number of nitrogen functional groups attached to an aromatic ring is 1. The predicted molar refractivity (Wildman–Crippen MR) is 71.9 cm³/mol. The number of phenolic OH excluding ortho intramolecular Hbond substituents is 1. The normalized spacial score (nSPS) is 10.8. The fourth-order valence-electron chi connectivity index (χ4n) is 1.88. The largest absolute Gasteiger partial charge is 0.508 e. The first-order valence-corrected chi connectivity index (χ1v) is 5.80. The Kier molecular flexibility index (Phi) is 3.79. The second kappa shape index (κ2) is 5.51. The lowest BCUT2D eigenvalue weighted by atomic mass is 10.1. The van der Waals surface area contributed by atoms with Crippen molar-refractivity contribution in [3.05, 3.63) is 53.9 Å². The van der Waals surface area contributed by atoms with Crippen LogP contribution in [-0.2, 0) is 13.1 Å². The molecule has 2 rings (SSSR count). The summed E-state index contributed by atoms with van der Waals surface area (Å²) in [5, 5.41) is 9.76. The van der Waals surface area contributed by atoms with E-state index in [1.807, 2.05) is 19.2 Å². The van der Waals surface area contributed by atoms with E-state index < -0.39 is 0 Å². The van der Waals surface area contributed by atoms with E-state index in [4.69, 9.17) is 5.73 Å². The van der Waals surface area contributed by atoms with Crippen LogP contribution in [0.15, 0.2) is 42.7 Å². The van der Waals surface area contributed by atoms with Crippen LogP contribution in [0.4, 0.5) is 5.69 Å². The molecular weight excluding hydrogens is 226 g/mol. The fourth-order valence-corrected chi connectivity index (χ4v) is 1.88. The van der Waals surface area contributed by atoms with Crippen LogP contribution in [0.5, 0.6) is 5.75 Å². The molecular formula is C14H17N3O. The van der Waals surface area contributed by atoms with Gasteiger partial charge in [0.05, 0.1) is 0 Å². The number of nitrogens with two attached hydrogens (primary N) is 1. The maximum atomic E-state index is 9.76. The Morgan fingerprint density at radius 3 is 2.61 bits per heavy atom. The minimum absolute atomic E-state index is 0.283. The summed E-state index contributed by atoms with van der Waals surface area (Å²) >= 11 is 0. The van der Waals surface area contributed by atoms with Gasteiger partial charge in [-0.2, -0.15) is 0 Å². The Balaban J connectivity index is 2.03. The first-order chi connectivity index (χ1) is 8.65. The summed E-state index contributed by atoms with van der Waals surface area (Å²) in [6, 6.07) is 9.09. The van der Waals surface area contributed by atoms with Crippen LogP contribution in [0.3, 0.4) is 0 Å². The number of aromatic nitrogens is 1. The maximum absolute atomic E-state index is 9.76. The molecule has 2 aromatic rings. The zero-order chi connectivity index (χ0) is 13.0. The Bertz CT molecular complexity index is 514. The zero-order valence-corrected chi connectivity index (χ0v) is 10.4. The summed E-state index contributed by atoms with van der Waals surface area (Å²) in [4.78, 5) is 6.10. The molecule has 1 aromatic carbocycles. The highest BCUT2D eigenvalue weighted by atomic mass is 16.3. The molecule has 0 spiro atoms. The monoisotopic (exact) mass is 243 g/mol. The second-order valence-corrected chi connectivity index (χ2v) is 4.42. The van der Waals surface area contributed by atoms with Crippen LogP contribution in [-0.4, -0.2) is 22.0 Å². The molecule has 0 fully saturated rings. The summed E-state index contributed by atoms with van der Waals surface area (Å²) in [6.07, 6.45) is 3.56. The molecule has 0 radical (unpaired) electrons. The van der Waals surface area contributed by atoms with Crippen molar-refractivity contribution >= 4 is 5.69 Å². The van der Waals surface area contributed by atoms with Gasteiger partial charge in [0.25, 0.3) is 0 Å². The van der Waals surface area contributed by atoms with Gasteiger partial charge in [-0.1, -0.05) is 0 Å². The molecule has 4 nitrogen and oxygen atoms in total. The lowest BCUT2D eigenvalue weighted by molar-refractivity contribution is 0.312. The van der Waals surface area contributed by atoms with Gasteiger partial charge in [-0.15, -0.1) is 0 Å². The number of pyridine rings is 1. The number of phenols is 1. The average Bonchev–Trinajstić information content (AvgIpc) is 2.35. The molecule has 1 heterocycles. The van der Waals surface area contributed by atoms with Crippen molar-refractivity contribution in [2.45, 2.75) is 13.1 Å². The number of hydrogen-bond acceptors (Lipinski definition) is 4. The first-order valence-electron chi connectivity index (χ1n) is 5.80. The molecule has 3 N–H and O–H groups in total. The first kappa shape index (κ1) is 12.4. The SMILES string of the molecule is CN(Cc1ccncc1)Cc1cc(N)ccc1O. The summed E-state index contributed by atoms with van der Waals surface area (Å²) in [7, 11) is 2.00. The van der Waals surface area contributed by atoms with Crippen molar-refractivity contribution in [2.75, 3.05) is 12.8 Å². The van der Waals surface area contributed by atoms with Gasteiger partial charge in [-0.3, -0.25) is 9.88 Å². The topological polar surface area (TPSA) is 62.4 Å². The number of anilines is 1. The number of aromatic hydroxyl groups is 1. The van der Waals surface area contributed by atoms with Crippen LogP contribution >= 0.6 is 0 Å². The van der Waals surface area contributed by atoms with Crippen LogP contribution in [0.25, 0.3) is 0 Å². The fraction of sp³-hybridized carbons (Fsp3) is 0.214. The zero-order valence-electron chi connectivity index (χ0n) is 10.4. The van der Waals surface area contributed by atoms with Gasteiger partial charge in [0.2, 0.25) is 0 Å². The Morgan fingerprint density at radius 1 is 1.17 bits per heavy atom. The molecule has 4 heteroatoms. The molecule has 0 atom stereocenters. The predicted octanol–water partition coefficient (Wildman–Crippen LogP) is 2.00. The molecule has 94 valence electrons. The Labute approximate surface area is 107 Å². The standard InChI is InChI=1S/C14H17N3O/c1-17(9-11-4-6-16-7-5-11)10-12-8-13(15)2-3-14(12)18/h2-8,18H,9-10,15H2,1H3. The number of benzene rings is 1. The van der Waals surface area contributed by atoms with Crippen LogP contribution in [0.2, 0.25) is 0 Å². The van der Waals surface area contributed by atoms with Crippen molar-refractivity contribution in [1.29, 1.82) is 0 Å². The highest BCUT2D eigenvalue weighted by Gasteiger charge is 2.06. The van der Waals surface area contributed by atoms with Gasteiger partial charge in [0.15, 0.2) is 0 Å². The summed E-state index contributed by atoms with van der Waals surface area (Å²) in [6.45, 7) is 1.45. The van der Waals surface area contributed by atoms with Gasteiger partial charge in [0, 0.05) is 36.7 Å². The summed E-state index contributed by atoms with van der Waals surface area (Å²) < 4.78 is 0. The van der Waals surface area contributed by atoms with Gasteiger partial charge < -0.3 is 10.8 Å². The molecule has 0 unspecified atom stereocenters. The average molecular weight is 243 g/mol. The van der Waals surface area contributed by atoms with Crippen LogP contribution < -0.4 is 5.73 Å². The molecule has 0 aliphatic heterocycles. The minimum Gasteiger partial charge on any atom is -0.508 e. The number of nitrogens with zero attached hydrogens (tertiary/aromatic N) is 2. The van der Waals surface area contributed by atoms with Gasteiger partial charge in [-0.05, 0) is 42.9 Å². The van der Waals surface area contributed by atoms with Crippen molar-refractivity contribution < 1.29 is 5.11 Å². The summed E-state index contributed by atoms with van der Waals surface area (Å²) in [5.74, 6) is 0.283. The molecule has 0 aliphatic rings. The van der Waals surface area contributed by atoms with E-state index in [0.717, 1.165) is 12.1 Å². The highest BCUT2D eigenvalue weighted by Crippen LogP contribution is 2.21. The molecule has 0 amide bonds. The third kappa shape index (κ3) is 3.21. The third-order valence-corrected chi connectivity index (χ3v) is 2.75. The van der Waals surface area contributed by atoms with E-state index in [-0.39, 0.29) is 5.75 Å². The quantitative estimate of drug-likeness (QED) is 0.637. The molecule has 0 saturated carbocycles. The van der Waals surface area contributed by atoms with Gasteiger partial charge in [0.1, 0.15) is 5.75 Å². The minimum atomic E-state index is 0.283. The lowest BCUT2D eigenvalue weighted by Gasteiger charge is -2.17. The van der Waals surface area contributed by atoms with Crippen molar-refractivity contribution in [1.82, 2.24) is 9.88 Å². The molecule has 0 aliphatic carbocycles. The highest BCUT2D eigenvalue weighted by molar-refractivity contribution is 5.47. The maximum Gasteiger partial charge on any atom is 0.120 e. The van der Waals surface area contributed by atoms with Gasteiger partial charge >= 0.3 is 0 Å². The van der Waals surface area contributed by atoms with Crippen molar-refractivity contribution in [3.8, 4) is 5.75 Å². The lowest BCUT2D eigenvalue weighted by Crippen LogP contribution is -2.17. The number of rotatable bonds is 4. The Hall–Kier alpha value is -2.07. The second-order valence-electron chi connectivity index (χ2n) is 4.42. The third-order valence-electron chi connectivity index (χ3n) is 2.75. The Morgan fingerprint density at radius 2 is 1.89 bits per heavy atom. The van der Waals surface area contributed by atoms with E-state index in [9.17, 15) is 5.11 Å². The smallest absolute Gasteiger partial charge is 0.120 e. The van der Waals surface area contributed by atoms with Crippen molar-refractivity contribution in [3.63, 3.8) is 0 Å². The molecule has 0 bridgehead atoms.